The molecule has 162 valence electrons. The van der Waals surface area contributed by atoms with Gasteiger partial charge in [-0.15, -0.1) is 0 Å². The summed E-state index contributed by atoms with van der Waals surface area (Å²) in [5.74, 6) is 0.331. The van der Waals surface area contributed by atoms with Crippen LogP contribution in [0.4, 0.5) is 5.69 Å². The highest BCUT2D eigenvalue weighted by Gasteiger charge is 2.23. The number of nitriles is 1. The van der Waals surface area contributed by atoms with Crippen molar-refractivity contribution in [3.8, 4) is 17.6 Å². The molecule has 0 spiro atoms. The number of aliphatic hydroxyl groups is 2. The van der Waals surface area contributed by atoms with Gasteiger partial charge in [0.1, 0.15) is 17.6 Å². The van der Waals surface area contributed by atoms with E-state index in [1.54, 1.807) is 42.5 Å². The number of carbonyl (C=O) groups is 1. The maximum atomic E-state index is 12.7. The molecule has 3 aromatic rings. The Kier molecular flexibility index (Phi) is 7.13. The summed E-state index contributed by atoms with van der Waals surface area (Å²) < 4.78 is 5.70. The zero-order valence-corrected chi connectivity index (χ0v) is 16.7. The lowest BCUT2D eigenvalue weighted by molar-refractivity contribution is -0.384. The van der Waals surface area contributed by atoms with E-state index in [2.05, 4.69) is 5.32 Å². The Morgan fingerprint density at radius 3 is 2.38 bits per heavy atom. The molecule has 0 saturated carbocycles. The van der Waals surface area contributed by atoms with Gasteiger partial charge in [0, 0.05) is 17.7 Å². The number of carbonyl (C=O) groups excluding carboxylic acids is 1. The Bertz CT molecular complexity index is 1140. The topological polar surface area (TPSA) is 146 Å². The number of nitrogens with zero attached hydrogens (tertiary/aromatic N) is 2. The number of benzene rings is 3. The van der Waals surface area contributed by atoms with Gasteiger partial charge in [0.15, 0.2) is 0 Å². The molecule has 0 bridgehead atoms. The molecule has 0 aromatic heterocycles. The molecule has 0 heterocycles. The standard InChI is InChI=1S/C23H19N3O6/c24-13-15-4-10-19(11-5-15)32-20-3-1-2-17(12-20)23(29)25-21(14-27)22(28)16-6-8-18(9-7-16)26(30)31/h1-12,21-22,27-28H,14H2,(H,25,29)/t21-,22+/m1/s1. The maximum absolute atomic E-state index is 12.7. The van der Waals surface area contributed by atoms with Crippen LogP contribution in [0.5, 0.6) is 11.5 Å². The number of nitrogens with one attached hydrogen (secondary N) is 1. The minimum atomic E-state index is -1.28. The summed E-state index contributed by atoms with van der Waals surface area (Å²) in [4.78, 5) is 22.9. The van der Waals surface area contributed by atoms with E-state index in [0.29, 0.717) is 22.6 Å². The zero-order chi connectivity index (χ0) is 23.1. The van der Waals surface area contributed by atoms with Crippen LogP contribution in [0.25, 0.3) is 0 Å². The number of rotatable bonds is 8. The molecule has 3 aromatic carbocycles. The third-order valence-corrected chi connectivity index (χ3v) is 4.66. The first kappa shape index (κ1) is 22.4. The van der Waals surface area contributed by atoms with Gasteiger partial charge in [0.25, 0.3) is 11.6 Å². The Morgan fingerprint density at radius 1 is 1.09 bits per heavy atom. The molecule has 0 fully saturated rings. The van der Waals surface area contributed by atoms with E-state index < -0.39 is 29.6 Å². The SMILES string of the molecule is N#Cc1ccc(Oc2cccc(C(=O)N[C@H](CO)[C@@H](O)c3ccc([N+](=O)[O-])cc3)c2)cc1. The minimum absolute atomic E-state index is 0.135. The number of hydrogen-bond acceptors (Lipinski definition) is 7. The molecular formula is C23H19N3O6. The van der Waals surface area contributed by atoms with Gasteiger partial charge < -0.3 is 20.3 Å². The van der Waals surface area contributed by atoms with Crippen molar-refractivity contribution in [3.05, 3.63) is 99.6 Å². The van der Waals surface area contributed by atoms with Gasteiger partial charge in [0.05, 0.1) is 29.2 Å². The summed E-state index contributed by atoms with van der Waals surface area (Å²) in [5.41, 5.74) is 0.912. The molecular weight excluding hydrogens is 414 g/mol. The van der Waals surface area contributed by atoms with E-state index in [4.69, 9.17) is 10.00 Å². The van der Waals surface area contributed by atoms with Crippen LogP contribution >= 0.6 is 0 Å². The summed E-state index contributed by atoms with van der Waals surface area (Å²) in [6, 6.07) is 19.0. The first-order valence-electron chi connectivity index (χ1n) is 9.53. The van der Waals surface area contributed by atoms with E-state index in [1.165, 1.54) is 30.3 Å². The molecule has 0 unspecified atom stereocenters. The predicted molar refractivity (Wildman–Crippen MR) is 114 cm³/mol. The molecule has 32 heavy (non-hydrogen) atoms. The van der Waals surface area contributed by atoms with Crippen molar-refractivity contribution in [3.63, 3.8) is 0 Å². The van der Waals surface area contributed by atoms with Crippen LogP contribution in [0.15, 0.2) is 72.8 Å². The fourth-order valence-corrected chi connectivity index (χ4v) is 2.94. The van der Waals surface area contributed by atoms with Gasteiger partial charge in [-0.05, 0) is 60.2 Å². The second-order valence-corrected chi connectivity index (χ2v) is 6.82. The van der Waals surface area contributed by atoms with Gasteiger partial charge >= 0.3 is 0 Å². The minimum Gasteiger partial charge on any atom is -0.457 e. The molecule has 0 saturated heterocycles. The Morgan fingerprint density at radius 2 is 1.78 bits per heavy atom. The highest BCUT2D eigenvalue weighted by Crippen LogP contribution is 2.24. The molecule has 3 N–H and O–H groups in total. The summed E-state index contributed by atoms with van der Waals surface area (Å²) in [6.45, 7) is -0.550. The lowest BCUT2D eigenvalue weighted by Gasteiger charge is -2.22. The van der Waals surface area contributed by atoms with E-state index in [-0.39, 0.29) is 11.3 Å². The zero-order valence-electron chi connectivity index (χ0n) is 16.7. The molecule has 9 heteroatoms. The van der Waals surface area contributed by atoms with Crippen molar-refractivity contribution in [2.75, 3.05) is 6.61 Å². The summed E-state index contributed by atoms with van der Waals surface area (Å²) >= 11 is 0. The molecule has 0 aliphatic heterocycles. The summed E-state index contributed by atoms with van der Waals surface area (Å²) in [7, 11) is 0. The largest absolute Gasteiger partial charge is 0.457 e. The molecule has 1 amide bonds. The van der Waals surface area contributed by atoms with E-state index in [1.807, 2.05) is 6.07 Å². The first-order chi connectivity index (χ1) is 15.4. The third kappa shape index (κ3) is 5.46. The lowest BCUT2D eigenvalue weighted by atomic mass is 10.0. The number of aliphatic hydroxyl groups excluding tert-OH is 2. The van der Waals surface area contributed by atoms with Crippen molar-refractivity contribution in [1.29, 1.82) is 5.26 Å². The van der Waals surface area contributed by atoms with Gasteiger partial charge in [-0.25, -0.2) is 0 Å². The Labute approximate surface area is 183 Å². The highest BCUT2D eigenvalue weighted by molar-refractivity contribution is 5.94. The predicted octanol–water partition coefficient (Wildman–Crippen LogP) is 3.08. The smallest absolute Gasteiger partial charge is 0.269 e. The first-order valence-corrected chi connectivity index (χ1v) is 9.53. The van der Waals surface area contributed by atoms with Crippen LogP contribution in [0.1, 0.15) is 27.6 Å². The average molecular weight is 433 g/mol. The van der Waals surface area contributed by atoms with Crippen molar-refractivity contribution in [2.45, 2.75) is 12.1 Å². The number of amides is 1. The monoisotopic (exact) mass is 433 g/mol. The van der Waals surface area contributed by atoms with Crippen LogP contribution in [0, 0.1) is 21.4 Å². The van der Waals surface area contributed by atoms with Crippen LogP contribution < -0.4 is 10.1 Å². The normalized spacial score (nSPS) is 12.3. The number of non-ortho nitro benzene ring substituents is 1. The number of nitro groups is 1. The van der Waals surface area contributed by atoms with Gasteiger partial charge in [-0.2, -0.15) is 5.26 Å². The molecule has 0 aliphatic carbocycles. The lowest BCUT2D eigenvalue weighted by Crippen LogP contribution is -2.41. The van der Waals surface area contributed by atoms with Crippen molar-refractivity contribution >= 4 is 11.6 Å². The third-order valence-electron chi connectivity index (χ3n) is 4.66. The second kappa shape index (κ2) is 10.2. The molecule has 0 aliphatic rings. The van der Waals surface area contributed by atoms with Crippen molar-refractivity contribution in [1.82, 2.24) is 5.32 Å². The molecule has 2 atom stereocenters. The fourth-order valence-electron chi connectivity index (χ4n) is 2.94. The average Bonchev–Trinajstić information content (AvgIpc) is 2.82. The number of nitro benzene ring substituents is 1. The number of ether oxygens (including phenoxy) is 1. The quantitative estimate of drug-likeness (QED) is 0.365. The Balaban J connectivity index is 1.69. The Hall–Kier alpha value is -4.26. The van der Waals surface area contributed by atoms with E-state index >= 15 is 0 Å². The highest BCUT2D eigenvalue weighted by atomic mass is 16.6. The van der Waals surface area contributed by atoms with Crippen molar-refractivity contribution < 1.29 is 24.7 Å². The van der Waals surface area contributed by atoms with Crippen molar-refractivity contribution in [2.24, 2.45) is 0 Å². The van der Waals surface area contributed by atoms with Gasteiger partial charge in [-0.1, -0.05) is 6.07 Å². The van der Waals surface area contributed by atoms with Crippen LogP contribution in [-0.4, -0.2) is 33.7 Å². The summed E-state index contributed by atoms with van der Waals surface area (Å²) in [5, 5.41) is 42.3. The van der Waals surface area contributed by atoms with Crippen LogP contribution in [0.2, 0.25) is 0 Å². The van der Waals surface area contributed by atoms with E-state index in [9.17, 15) is 25.1 Å². The molecule has 0 radical (unpaired) electrons. The van der Waals surface area contributed by atoms with E-state index in [0.717, 1.165) is 0 Å². The molecule has 9 nitrogen and oxygen atoms in total. The molecule has 3 rings (SSSR count). The summed E-state index contributed by atoms with van der Waals surface area (Å²) in [6.07, 6.45) is -1.28. The number of hydrogen-bond donors (Lipinski definition) is 3. The van der Waals surface area contributed by atoms with Crippen LogP contribution in [0.3, 0.4) is 0 Å². The van der Waals surface area contributed by atoms with Gasteiger partial charge in [-0.3, -0.25) is 14.9 Å². The second-order valence-electron chi connectivity index (χ2n) is 6.82. The van der Waals surface area contributed by atoms with Gasteiger partial charge in [0.2, 0.25) is 0 Å². The van der Waals surface area contributed by atoms with Crippen LogP contribution in [-0.2, 0) is 0 Å². The fraction of sp³-hybridized carbons (Fsp3) is 0.130. The maximum Gasteiger partial charge on any atom is 0.269 e.